The number of aromatic nitrogens is 2. The molecule has 0 saturated heterocycles. The Bertz CT molecular complexity index is 746. The molecule has 1 unspecified atom stereocenters. The highest BCUT2D eigenvalue weighted by atomic mass is 32.2. The third-order valence-electron chi connectivity index (χ3n) is 3.72. The van der Waals surface area contributed by atoms with Crippen LogP contribution in [0.2, 0.25) is 0 Å². The van der Waals surface area contributed by atoms with Crippen molar-refractivity contribution in [1.29, 1.82) is 0 Å². The van der Waals surface area contributed by atoms with Gasteiger partial charge in [-0.25, -0.2) is 0 Å². The average molecular weight is 301 g/mol. The summed E-state index contributed by atoms with van der Waals surface area (Å²) in [5.41, 5.74) is 3.69. The normalized spacial score (nSPS) is 21.9. The van der Waals surface area contributed by atoms with E-state index in [0.29, 0.717) is 11.3 Å². The Morgan fingerprint density at radius 3 is 3.25 bits per heavy atom. The zero-order valence-electron chi connectivity index (χ0n) is 11.1. The van der Waals surface area contributed by atoms with Crippen LogP contribution in [0.3, 0.4) is 0 Å². The lowest BCUT2D eigenvalue weighted by Crippen LogP contribution is -2.19. The minimum absolute atomic E-state index is 0.396. The van der Waals surface area contributed by atoms with Gasteiger partial charge in [0.15, 0.2) is 0 Å². The van der Waals surface area contributed by atoms with E-state index in [1.54, 1.807) is 0 Å². The van der Waals surface area contributed by atoms with E-state index in [9.17, 15) is 0 Å². The Kier molecular flexibility index (Phi) is 2.97. The predicted molar refractivity (Wildman–Crippen MR) is 86.7 cm³/mol. The molecule has 20 heavy (non-hydrogen) atoms. The Labute approximate surface area is 125 Å². The third kappa shape index (κ3) is 2.01. The Balaban J connectivity index is 1.71. The molecule has 3 aromatic rings. The van der Waals surface area contributed by atoms with Crippen molar-refractivity contribution in [3.8, 4) is 0 Å². The molecule has 2 atom stereocenters. The zero-order chi connectivity index (χ0) is 13.5. The summed E-state index contributed by atoms with van der Waals surface area (Å²) in [6.45, 7) is 2.31. The maximum atomic E-state index is 4.14. The van der Waals surface area contributed by atoms with Gasteiger partial charge in [0.05, 0.1) is 22.0 Å². The van der Waals surface area contributed by atoms with Crippen LogP contribution in [-0.2, 0) is 0 Å². The molecule has 3 heterocycles. The molecule has 1 aromatic carbocycles. The van der Waals surface area contributed by atoms with Gasteiger partial charge in [0.25, 0.3) is 0 Å². The number of nitrogens with zero attached hydrogens (tertiary/aromatic N) is 1. The van der Waals surface area contributed by atoms with E-state index in [0.717, 1.165) is 23.0 Å². The Morgan fingerprint density at radius 1 is 1.35 bits per heavy atom. The molecule has 0 aliphatic carbocycles. The maximum Gasteiger partial charge on any atom is 0.0671 e. The second-order valence-electron chi connectivity index (χ2n) is 5.16. The molecule has 4 rings (SSSR count). The first-order valence-corrected chi connectivity index (χ1v) is 8.50. The lowest BCUT2D eigenvalue weighted by atomic mass is 10.0. The number of benzene rings is 1. The molecule has 2 aromatic heterocycles. The van der Waals surface area contributed by atoms with Gasteiger partial charge in [-0.2, -0.15) is 5.10 Å². The van der Waals surface area contributed by atoms with Crippen LogP contribution in [0.15, 0.2) is 40.1 Å². The number of thiophene rings is 1. The molecule has 1 aliphatic rings. The number of fused-ring (bicyclic) bond motifs is 2. The van der Waals surface area contributed by atoms with Crippen molar-refractivity contribution in [3.05, 3.63) is 41.4 Å². The number of aromatic amines is 1. The fourth-order valence-electron chi connectivity index (χ4n) is 2.77. The lowest BCUT2D eigenvalue weighted by molar-refractivity contribution is 0.670. The van der Waals surface area contributed by atoms with Gasteiger partial charge in [-0.15, -0.1) is 23.1 Å². The van der Waals surface area contributed by atoms with Gasteiger partial charge in [0.1, 0.15) is 0 Å². The number of thioether (sulfide) groups is 1. The number of hydrogen-bond acceptors (Lipinski definition) is 4. The van der Waals surface area contributed by atoms with Crippen molar-refractivity contribution in [2.24, 2.45) is 0 Å². The maximum absolute atomic E-state index is 4.14. The van der Waals surface area contributed by atoms with Gasteiger partial charge in [-0.05, 0) is 35.6 Å². The quantitative estimate of drug-likeness (QED) is 0.723. The van der Waals surface area contributed by atoms with Crippen molar-refractivity contribution in [3.63, 3.8) is 0 Å². The first-order chi connectivity index (χ1) is 9.81. The van der Waals surface area contributed by atoms with E-state index < -0.39 is 0 Å². The average Bonchev–Trinajstić information content (AvgIpc) is 3.06. The topological polar surface area (TPSA) is 40.7 Å². The molecule has 2 N–H and O–H groups in total. The number of rotatable bonds is 2. The summed E-state index contributed by atoms with van der Waals surface area (Å²) >= 11 is 3.85. The molecule has 102 valence electrons. The molecule has 0 fully saturated rings. The summed E-state index contributed by atoms with van der Waals surface area (Å²) in [7, 11) is 0. The minimum Gasteiger partial charge on any atom is -0.378 e. The van der Waals surface area contributed by atoms with Gasteiger partial charge in [-0.1, -0.05) is 13.0 Å². The van der Waals surface area contributed by atoms with Crippen molar-refractivity contribution in [1.82, 2.24) is 10.2 Å². The van der Waals surface area contributed by atoms with Crippen LogP contribution >= 0.6 is 23.1 Å². The first kappa shape index (κ1) is 12.3. The molecule has 5 heteroatoms. The highest BCUT2D eigenvalue weighted by Gasteiger charge is 2.26. The monoisotopic (exact) mass is 301 g/mol. The number of anilines is 1. The van der Waals surface area contributed by atoms with Crippen LogP contribution in [0.25, 0.3) is 10.9 Å². The fourth-order valence-corrected chi connectivity index (χ4v) is 5.33. The van der Waals surface area contributed by atoms with Crippen LogP contribution < -0.4 is 5.32 Å². The Hall–Kier alpha value is -1.46. The summed E-state index contributed by atoms with van der Waals surface area (Å²) in [5, 5.41) is 14.9. The SMILES string of the molecule is C[C@H]1CC(Nc2cccc3[nH]ncc23)c2ccsc2S1. The fraction of sp³-hybridized carbons (Fsp3) is 0.267. The summed E-state index contributed by atoms with van der Waals surface area (Å²) in [4.78, 5) is 0. The summed E-state index contributed by atoms with van der Waals surface area (Å²) in [6, 6.07) is 8.91. The number of hydrogen-bond donors (Lipinski definition) is 2. The van der Waals surface area contributed by atoms with E-state index in [2.05, 4.69) is 52.1 Å². The third-order valence-corrected chi connectivity index (χ3v) is 6.07. The summed E-state index contributed by atoms with van der Waals surface area (Å²) in [5.74, 6) is 0. The zero-order valence-corrected chi connectivity index (χ0v) is 12.7. The van der Waals surface area contributed by atoms with Gasteiger partial charge in [-0.3, -0.25) is 5.10 Å². The molecule has 0 radical (unpaired) electrons. The first-order valence-electron chi connectivity index (χ1n) is 6.74. The van der Waals surface area contributed by atoms with E-state index in [1.807, 2.05) is 29.3 Å². The largest absolute Gasteiger partial charge is 0.378 e. The molecular formula is C15H15N3S2. The van der Waals surface area contributed by atoms with E-state index in [4.69, 9.17) is 0 Å². The highest BCUT2D eigenvalue weighted by Crippen LogP contribution is 2.45. The van der Waals surface area contributed by atoms with Gasteiger partial charge in [0.2, 0.25) is 0 Å². The van der Waals surface area contributed by atoms with Gasteiger partial charge < -0.3 is 5.32 Å². The standard InChI is InChI=1S/C15H15N3S2/c1-9-7-14(10-5-6-19-15(10)20-9)17-12-3-2-4-13-11(12)8-16-18-13/h2-6,8-9,14,17H,7H2,1H3,(H,16,18)/t9-,14?/m0/s1. The molecule has 0 bridgehead atoms. The molecule has 0 spiro atoms. The molecule has 0 amide bonds. The van der Waals surface area contributed by atoms with Gasteiger partial charge in [0, 0.05) is 16.3 Å². The smallest absolute Gasteiger partial charge is 0.0671 e. The molecule has 1 aliphatic heterocycles. The van der Waals surface area contributed by atoms with Crippen LogP contribution in [0.1, 0.15) is 24.9 Å². The van der Waals surface area contributed by atoms with Crippen LogP contribution in [0, 0.1) is 0 Å². The number of H-pyrrole nitrogens is 1. The van der Waals surface area contributed by atoms with E-state index in [1.165, 1.54) is 9.77 Å². The van der Waals surface area contributed by atoms with Crippen molar-refractivity contribution >= 4 is 39.7 Å². The lowest BCUT2D eigenvalue weighted by Gasteiger charge is -2.28. The van der Waals surface area contributed by atoms with Crippen molar-refractivity contribution in [2.75, 3.05) is 5.32 Å². The van der Waals surface area contributed by atoms with E-state index in [-0.39, 0.29) is 0 Å². The van der Waals surface area contributed by atoms with Crippen LogP contribution in [0.5, 0.6) is 0 Å². The molecule has 3 nitrogen and oxygen atoms in total. The highest BCUT2D eigenvalue weighted by molar-refractivity contribution is 8.01. The van der Waals surface area contributed by atoms with Crippen LogP contribution in [0.4, 0.5) is 5.69 Å². The second kappa shape index (κ2) is 4.82. The minimum atomic E-state index is 0.396. The Morgan fingerprint density at radius 2 is 2.30 bits per heavy atom. The predicted octanol–water partition coefficient (Wildman–Crippen LogP) is 4.66. The van der Waals surface area contributed by atoms with Gasteiger partial charge >= 0.3 is 0 Å². The molecule has 0 saturated carbocycles. The molecular weight excluding hydrogens is 286 g/mol. The second-order valence-corrected chi connectivity index (χ2v) is 7.78. The van der Waals surface area contributed by atoms with Crippen molar-refractivity contribution < 1.29 is 0 Å². The van der Waals surface area contributed by atoms with Crippen molar-refractivity contribution in [2.45, 2.75) is 28.8 Å². The number of nitrogens with one attached hydrogen (secondary N) is 2. The van der Waals surface area contributed by atoms with E-state index >= 15 is 0 Å². The summed E-state index contributed by atoms with van der Waals surface area (Å²) in [6.07, 6.45) is 3.05. The van der Waals surface area contributed by atoms with Crippen LogP contribution in [-0.4, -0.2) is 15.4 Å². The summed E-state index contributed by atoms with van der Waals surface area (Å²) < 4.78 is 1.46.